The largest absolute Gasteiger partial charge is 0.546 e. The van der Waals surface area contributed by atoms with Gasteiger partial charge in [0.15, 0.2) is 5.78 Å². The molecule has 1 atom stereocenters. The fourth-order valence-electron chi connectivity index (χ4n) is 4.36. The SMILES string of the molecule is CC(C)(C)[Si](C)(C)OC1=CC(C2Sc3ccccc3NC3=C2C(=O)c2ccccc23)=CCC1. The summed E-state index contributed by atoms with van der Waals surface area (Å²) in [6.45, 7) is 11.4. The summed E-state index contributed by atoms with van der Waals surface area (Å²) in [5.74, 6) is 1.19. The third kappa shape index (κ3) is 3.91. The molecule has 1 heterocycles. The number of carbonyl (C=O) groups is 1. The number of carbonyl (C=O) groups excluding carboxylic acids is 1. The maximum atomic E-state index is 13.6. The van der Waals surface area contributed by atoms with Crippen LogP contribution in [-0.2, 0) is 4.43 Å². The van der Waals surface area contributed by atoms with Crippen molar-refractivity contribution in [3.8, 4) is 0 Å². The summed E-state index contributed by atoms with van der Waals surface area (Å²) >= 11 is 1.76. The quantitative estimate of drug-likeness (QED) is 0.461. The molecule has 3 nitrogen and oxygen atoms in total. The minimum Gasteiger partial charge on any atom is -0.546 e. The molecule has 0 amide bonds. The van der Waals surface area contributed by atoms with Crippen molar-refractivity contribution in [2.75, 3.05) is 5.32 Å². The van der Waals surface area contributed by atoms with Gasteiger partial charge in [0.2, 0.25) is 8.32 Å². The van der Waals surface area contributed by atoms with Crippen molar-refractivity contribution in [3.05, 3.63) is 88.7 Å². The molecule has 0 fully saturated rings. The zero-order valence-electron chi connectivity index (χ0n) is 20.0. The predicted molar refractivity (Wildman–Crippen MR) is 141 cm³/mol. The lowest BCUT2D eigenvalue weighted by molar-refractivity contribution is 0.103. The Kier molecular flexibility index (Phi) is 5.45. The summed E-state index contributed by atoms with van der Waals surface area (Å²) in [6, 6.07) is 16.3. The molecule has 2 aromatic rings. The number of thioether (sulfide) groups is 1. The van der Waals surface area contributed by atoms with Gasteiger partial charge in [-0.05, 0) is 48.3 Å². The highest BCUT2D eigenvalue weighted by Gasteiger charge is 2.41. The van der Waals surface area contributed by atoms with E-state index in [0.29, 0.717) is 0 Å². The van der Waals surface area contributed by atoms with Crippen LogP contribution in [0.1, 0.15) is 49.5 Å². The highest BCUT2D eigenvalue weighted by Crippen LogP contribution is 2.49. The summed E-state index contributed by atoms with van der Waals surface area (Å²) in [7, 11) is -1.92. The molecule has 1 unspecified atom stereocenters. The first-order valence-electron chi connectivity index (χ1n) is 11.7. The van der Waals surface area contributed by atoms with Crippen LogP contribution in [-0.4, -0.2) is 19.4 Å². The van der Waals surface area contributed by atoms with Gasteiger partial charge in [-0.1, -0.05) is 63.2 Å². The minimum absolute atomic E-state index is 0.0747. The van der Waals surface area contributed by atoms with Crippen LogP contribution in [0, 0.1) is 0 Å². The van der Waals surface area contributed by atoms with Crippen LogP contribution < -0.4 is 5.32 Å². The Labute approximate surface area is 202 Å². The predicted octanol–water partition coefficient (Wildman–Crippen LogP) is 7.81. The molecule has 0 saturated heterocycles. The number of para-hydroxylation sites is 1. The number of hydrogen-bond donors (Lipinski definition) is 1. The van der Waals surface area contributed by atoms with Crippen LogP contribution in [0.15, 0.2) is 82.5 Å². The van der Waals surface area contributed by atoms with E-state index < -0.39 is 8.32 Å². The number of fused-ring (bicyclic) bond motifs is 3. The first kappa shape index (κ1) is 22.3. The molecule has 33 heavy (non-hydrogen) atoms. The van der Waals surface area contributed by atoms with Crippen molar-refractivity contribution in [2.24, 2.45) is 0 Å². The van der Waals surface area contributed by atoms with Gasteiger partial charge >= 0.3 is 0 Å². The Morgan fingerprint density at radius 3 is 2.48 bits per heavy atom. The molecule has 2 aliphatic carbocycles. The maximum Gasteiger partial charge on any atom is 0.250 e. The molecule has 0 radical (unpaired) electrons. The Bertz CT molecular complexity index is 1230. The van der Waals surface area contributed by atoms with E-state index in [9.17, 15) is 4.79 Å². The van der Waals surface area contributed by atoms with Gasteiger partial charge in [0.05, 0.1) is 22.4 Å². The first-order chi connectivity index (χ1) is 15.7. The van der Waals surface area contributed by atoms with Crippen LogP contribution in [0.2, 0.25) is 18.1 Å². The van der Waals surface area contributed by atoms with E-state index in [-0.39, 0.29) is 16.1 Å². The molecular formula is C28H31NO2SSi. The summed E-state index contributed by atoms with van der Waals surface area (Å²) in [4.78, 5) is 14.8. The third-order valence-corrected chi connectivity index (χ3v) is 12.9. The molecule has 0 spiro atoms. The summed E-state index contributed by atoms with van der Waals surface area (Å²) in [5.41, 5.74) is 5.82. The van der Waals surface area contributed by atoms with Crippen molar-refractivity contribution >= 4 is 37.2 Å². The van der Waals surface area contributed by atoms with Gasteiger partial charge in [0.1, 0.15) is 0 Å². The number of nitrogens with one attached hydrogen (secondary N) is 1. The molecule has 1 aliphatic heterocycles. The fourth-order valence-corrected chi connectivity index (χ4v) is 6.78. The molecule has 170 valence electrons. The number of rotatable bonds is 3. The van der Waals surface area contributed by atoms with Crippen molar-refractivity contribution in [3.63, 3.8) is 0 Å². The van der Waals surface area contributed by atoms with Gasteiger partial charge in [-0.2, -0.15) is 0 Å². The molecule has 3 aliphatic rings. The highest BCUT2D eigenvalue weighted by atomic mass is 32.2. The van der Waals surface area contributed by atoms with E-state index in [2.05, 4.69) is 75.6 Å². The lowest BCUT2D eigenvalue weighted by atomic mass is 9.96. The third-order valence-electron chi connectivity index (χ3n) is 7.20. The fraction of sp³-hybridized carbons (Fsp3) is 0.321. The number of benzene rings is 2. The molecule has 2 aromatic carbocycles. The van der Waals surface area contributed by atoms with Crippen molar-refractivity contribution in [1.29, 1.82) is 0 Å². The number of ketones is 1. The molecule has 5 heteroatoms. The standard InChI is InChI=1S/C28H31NO2SSi/c1-28(2,3)33(4,5)31-19-12-10-11-18(17-19)27-24-25(20-13-6-7-14-21(20)26(24)30)29-22-15-8-9-16-23(22)32-27/h6-9,11,13-17,27,29H,10,12H2,1-5H3. The van der Waals surface area contributed by atoms with Crippen LogP contribution in [0.3, 0.4) is 0 Å². The molecule has 0 bridgehead atoms. The second kappa shape index (κ2) is 8.07. The van der Waals surface area contributed by atoms with E-state index in [0.717, 1.165) is 51.6 Å². The van der Waals surface area contributed by atoms with Crippen LogP contribution in [0.4, 0.5) is 5.69 Å². The summed E-state index contributed by atoms with van der Waals surface area (Å²) < 4.78 is 6.70. The van der Waals surface area contributed by atoms with Gasteiger partial charge in [0, 0.05) is 28.0 Å². The smallest absolute Gasteiger partial charge is 0.250 e. The average Bonchev–Trinajstić information content (AvgIpc) is 2.93. The van der Waals surface area contributed by atoms with Crippen molar-refractivity contribution in [2.45, 2.75) is 61.9 Å². The average molecular weight is 474 g/mol. The number of allylic oxidation sites excluding steroid dienone is 3. The van der Waals surface area contributed by atoms with Crippen molar-refractivity contribution < 1.29 is 9.22 Å². The Balaban J connectivity index is 1.58. The van der Waals surface area contributed by atoms with E-state index in [1.807, 2.05) is 24.3 Å². The second-order valence-corrected chi connectivity index (χ2v) is 16.4. The Morgan fingerprint density at radius 2 is 1.73 bits per heavy atom. The van der Waals surface area contributed by atoms with E-state index >= 15 is 0 Å². The highest BCUT2D eigenvalue weighted by molar-refractivity contribution is 8.00. The molecule has 0 aromatic heterocycles. The van der Waals surface area contributed by atoms with Crippen LogP contribution in [0.25, 0.3) is 5.70 Å². The number of hydrogen-bond acceptors (Lipinski definition) is 4. The number of anilines is 1. The minimum atomic E-state index is -1.92. The molecular weight excluding hydrogens is 442 g/mol. The summed E-state index contributed by atoms with van der Waals surface area (Å²) in [6.07, 6.45) is 6.37. The molecule has 5 rings (SSSR count). The Morgan fingerprint density at radius 1 is 1.03 bits per heavy atom. The van der Waals surface area contributed by atoms with E-state index in [1.54, 1.807) is 11.8 Å². The monoisotopic (exact) mass is 473 g/mol. The normalized spacial score (nSPS) is 20.2. The second-order valence-electron chi connectivity index (χ2n) is 10.5. The van der Waals surface area contributed by atoms with Gasteiger partial charge in [-0.25, -0.2) is 0 Å². The number of Topliss-reactive ketones (excluding diaryl/α,β-unsaturated/α-hetero) is 1. The van der Waals surface area contributed by atoms with Gasteiger partial charge in [-0.3, -0.25) is 4.79 Å². The molecule has 0 saturated carbocycles. The van der Waals surface area contributed by atoms with Gasteiger partial charge in [0.25, 0.3) is 0 Å². The van der Waals surface area contributed by atoms with Crippen molar-refractivity contribution in [1.82, 2.24) is 0 Å². The van der Waals surface area contributed by atoms with Gasteiger partial charge < -0.3 is 9.74 Å². The van der Waals surface area contributed by atoms with Gasteiger partial charge in [-0.15, -0.1) is 11.8 Å². The van der Waals surface area contributed by atoms with Crippen LogP contribution in [0.5, 0.6) is 0 Å². The first-order valence-corrected chi connectivity index (χ1v) is 15.4. The zero-order chi connectivity index (χ0) is 23.4. The van der Waals surface area contributed by atoms with Crippen LogP contribution >= 0.6 is 11.8 Å². The topological polar surface area (TPSA) is 38.3 Å². The Hall–Kier alpha value is -2.50. The molecule has 1 N–H and O–H groups in total. The van der Waals surface area contributed by atoms with E-state index in [1.165, 1.54) is 5.57 Å². The summed E-state index contributed by atoms with van der Waals surface area (Å²) in [5, 5.41) is 3.68. The lowest BCUT2D eigenvalue weighted by Crippen LogP contribution is -2.40. The zero-order valence-corrected chi connectivity index (χ0v) is 21.8. The van der Waals surface area contributed by atoms with E-state index in [4.69, 9.17) is 4.43 Å². The lowest BCUT2D eigenvalue weighted by Gasteiger charge is -2.38. The maximum absolute atomic E-state index is 13.6.